The van der Waals surface area contributed by atoms with Crippen molar-refractivity contribution >= 4 is 35.9 Å². The van der Waals surface area contributed by atoms with Crippen LogP contribution in [0.25, 0.3) is 0 Å². The Balaban J connectivity index is 2.03. The maximum Gasteiger partial charge on any atom is 0.333 e. The van der Waals surface area contributed by atoms with Crippen LogP contribution in [-0.2, 0) is 28.7 Å². The maximum absolute atomic E-state index is 12.5. The first-order chi connectivity index (χ1) is 12.0. The fraction of sp³-hybridized carbons (Fsp3) is 0.556. The van der Waals surface area contributed by atoms with Gasteiger partial charge in [-0.1, -0.05) is 12.2 Å². The topological polar surface area (TPSA) is 90.0 Å². The lowest BCUT2D eigenvalue weighted by molar-refractivity contribution is -0.178. The molecule has 2 aliphatic rings. The van der Waals surface area contributed by atoms with Gasteiger partial charge in [-0.05, 0) is 40.7 Å². The van der Waals surface area contributed by atoms with Gasteiger partial charge in [-0.3, -0.25) is 14.4 Å². The second-order valence-electron chi connectivity index (χ2n) is 7.59. The molecule has 0 unspecified atom stereocenters. The van der Waals surface area contributed by atoms with Crippen molar-refractivity contribution in [1.29, 1.82) is 0 Å². The Bertz CT molecular complexity index is 688. The van der Waals surface area contributed by atoms with Gasteiger partial charge in [-0.2, -0.15) is 0 Å². The second kappa shape index (κ2) is 7.26. The number of aldehydes is 1. The van der Waals surface area contributed by atoms with Crippen LogP contribution in [-0.4, -0.2) is 52.0 Å². The molecule has 0 aromatic rings. The smallest absolute Gasteiger partial charge is 0.333 e. The normalized spacial score (nSPS) is 25.8. The Morgan fingerprint density at radius 2 is 1.88 bits per heavy atom. The summed E-state index contributed by atoms with van der Waals surface area (Å²) in [5.74, 6) is -1.35. The lowest BCUT2D eigenvalue weighted by atomic mass is 9.95. The first-order valence-electron chi connectivity index (χ1n) is 8.17. The minimum absolute atomic E-state index is 0.261. The Kier molecular flexibility index (Phi) is 5.65. The van der Waals surface area contributed by atoms with Gasteiger partial charge in [-0.15, -0.1) is 11.8 Å². The second-order valence-corrected chi connectivity index (χ2v) is 9.33. The van der Waals surface area contributed by atoms with Gasteiger partial charge in [0.1, 0.15) is 17.7 Å². The number of esters is 2. The van der Waals surface area contributed by atoms with E-state index in [9.17, 15) is 19.2 Å². The van der Waals surface area contributed by atoms with Crippen LogP contribution in [0.1, 0.15) is 34.6 Å². The van der Waals surface area contributed by atoms with E-state index in [2.05, 4.69) is 0 Å². The van der Waals surface area contributed by atoms with Gasteiger partial charge in [0.05, 0.1) is 5.41 Å². The largest absolute Gasteiger partial charge is 0.427 e. The van der Waals surface area contributed by atoms with Crippen LogP contribution in [0.4, 0.5) is 0 Å². The third kappa shape index (κ3) is 3.85. The zero-order chi connectivity index (χ0) is 19.7. The summed E-state index contributed by atoms with van der Waals surface area (Å²) in [4.78, 5) is 48.4. The van der Waals surface area contributed by atoms with Crippen molar-refractivity contribution in [3.8, 4) is 0 Å². The highest BCUT2D eigenvalue weighted by Crippen LogP contribution is 2.53. The maximum atomic E-state index is 12.5. The summed E-state index contributed by atoms with van der Waals surface area (Å²) < 4.78 is 9.49. The van der Waals surface area contributed by atoms with E-state index >= 15 is 0 Å². The highest BCUT2D eigenvalue weighted by atomic mass is 32.2. The van der Waals surface area contributed by atoms with Crippen LogP contribution < -0.4 is 0 Å². The molecule has 8 heteroatoms. The summed E-state index contributed by atoms with van der Waals surface area (Å²) in [7, 11) is 0. The van der Waals surface area contributed by atoms with Crippen molar-refractivity contribution in [3.05, 3.63) is 23.8 Å². The van der Waals surface area contributed by atoms with Crippen molar-refractivity contribution in [3.63, 3.8) is 0 Å². The van der Waals surface area contributed by atoms with Gasteiger partial charge < -0.3 is 14.4 Å². The number of amides is 1. The Hall–Kier alpha value is -2.09. The van der Waals surface area contributed by atoms with Gasteiger partial charge in [-0.25, -0.2) is 4.79 Å². The minimum Gasteiger partial charge on any atom is -0.427 e. The summed E-state index contributed by atoms with van der Waals surface area (Å²) in [5, 5.41) is -0.261. The van der Waals surface area contributed by atoms with Crippen molar-refractivity contribution in [2.45, 2.75) is 50.8 Å². The zero-order valence-corrected chi connectivity index (χ0v) is 16.3. The van der Waals surface area contributed by atoms with Crippen molar-refractivity contribution in [2.75, 3.05) is 6.79 Å². The molecule has 2 aliphatic heterocycles. The molecule has 0 bridgehead atoms. The van der Waals surface area contributed by atoms with E-state index in [0.29, 0.717) is 11.9 Å². The van der Waals surface area contributed by atoms with Crippen LogP contribution >= 0.6 is 11.8 Å². The fourth-order valence-corrected chi connectivity index (χ4v) is 4.25. The number of allylic oxidation sites excluding steroid dienone is 3. The Morgan fingerprint density at radius 1 is 1.23 bits per heavy atom. The van der Waals surface area contributed by atoms with Gasteiger partial charge in [0, 0.05) is 10.3 Å². The number of nitrogens with zero attached hydrogens (tertiary/aromatic N) is 1. The molecule has 142 valence electrons. The summed E-state index contributed by atoms with van der Waals surface area (Å²) in [5.41, 5.74) is -0.155. The monoisotopic (exact) mass is 381 g/mol. The van der Waals surface area contributed by atoms with Gasteiger partial charge >= 0.3 is 11.9 Å². The molecule has 1 amide bonds. The fourth-order valence-electron chi connectivity index (χ4n) is 2.70. The van der Waals surface area contributed by atoms with Crippen LogP contribution in [0.5, 0.6) is 0 Å². The van der Waals surface area contributed by atoms with Gasteiger partial charge in [0.25, 0.3) is 5.91 Å². The molecule has 0 aromatic carbocycles. The Morgan fingerprint density at radius 3 is 2.46 bits per heavy atom. The minimum atomic E-state index is -0.773. The average molecular weight is 381 g/mol. The SMILES string of the molecule is CC(C)(C)C(=O)OCOC(=O)[C@@H]1N2C(=O)/C(=C/C=C/C=O)[C@H]2SC1(C)C. The number of hydrogen-bond acceptors (Lipinski definition) is 7. The first kappa shape index (κ1) is 20.2. The van der Waals surface area contributed by atoms with Gasteiger partial charge in [0.15, 0.2) is 0 Å². The number of fused-ring (bicyclic) bond motifs is 1. The first-order valence-corrected chi connectivity index (χ1v) is 9.05. The molecular formula is C18H23NO6S. The van der Waals surface area contributed by atoms with E-state index in [0.717, 1.165) is 0 Å². The summed E-state index contributed by atoms with van der Waals surface area (Å²) in [6, 6.07) is -0.773. The standard InChI is InChI=1S/C18H23NO6S/c1-17(2,3)16(23)25-10-24-15(22)12-18(4,5)26-14-11(8-6-7-9-20)13(21)19(12)14/h6-9,12,14H,10H2,1-5H3/b7-6+,11-8-/t12-,14+/m0/s1. The van der Waals surface area contributed by atoms with Crippen LogP contribution in [0.15, 0.2) is 23.8 Å². The van der Waals surface area contributed by atoms with E-state index in [1.54, 1.807) is 26.8 Å². The number of β-lactam (4-membered cyclic amide) rings is 1. The third-order valence-electron chi connectivity index (χ3n) is 4.04. The number of carbonyl (C=O) groups is 4. The molecule has 2 atom stereocenters. The van der Waals surface area contributed by atoms with Crippen LogP contribution in [0, 0.1) is 5.41 Å². The highest BCUT2D eigenvalue weighted by molar-refractivity contribution is 8.01. The molecule has 0 aliphatic carbocycles. The van der Waals surface area contributed by atoms with E-state index in [1.807, 2.05) is 13.8 Å². The lowest BCUT2D eigenvalue weighted by Gasteiger charge is -2.39. The number of ether oxygens (including phenoxy) is 2. The quantitative estimate of drug-likeness (QED) is 0.236. The van der Waals surface area contributed by atoms with Crippen LogP contribution in [0.3, 0.4) is 0 Å². The molecule has 2 saturated heterocycles. The van der Waals surface area contributed by atoms with Crippen LogP contribution in [0.2, 0.25) is 0 Å². The number of thioether (sulfide) groups is 1. The number of carbonyl (C=O) groups excluding carboxylic acids is 4. The predicted octanol–water partition coefficient (Wildman–Crippen LogP) is 1.82. The molecule has 2 heterocycles. The lowest BCUT2D eigenvalue weighted by Crippen LogP contribution is -2.58. The number of rotatable bonds is 5. The zero-order valence-electron chi connectivity index (χ0n) is 15.5. The van der Waals surface area contributed by atoms with Gasteiger partial charge in [0.2, 0.25) is 6.79 Å². The summed E-state index contributed by atoms with van der Waals surface area (Å²) in [6.45, 7) is 8.33. The molecule has 0 aromatic heterocycles. The molecular weight excluding hydrogens is 358 g/mol. The van der Waals surface area contributed by atoms with Crippen molar-refractivity contribution in [1.82, 2.24) is 4.90 Å². The molecule has 0 radical (unpaired) electrons. The highest BCUT2D eigenvalue weighted by Gasteiger charge is 2.61. The van der Waals surface area contributed by atoms with E-state index < -0.39 is 34.9 Å². The summed E-state index contributed by atoms with van der Waals surface area (Å²) >= 11 is 1.47. The molecule has 0 spiro atoms. The summed E-state index contributed by atoms with van der Waals surface area (Å²) in [6.07, 6.45) is 5.01. The molecule has 0 saturated carbocycles. The molecule has 7 nitrogen and oxygen atoms in total. The van der Waals surface area contributed by atoms with E-state index in [-0.39, 0.29) is 11.3 Å². The van der Waals surface area contributed by atoms with E-state index in [4.69, 9.17) is 9.47 Å². The van der Waals surface area contributed by atoms with Crippen molar-refractivity contribution in [2.24, 2.45) is 5.41 Å². The number of hydrogen-bond donors (Lipinski definition) is 0. The Labute approximate surface area is 156 Å². The van der Waals surface area contributed by atoms with E-state index in [1.165, 1.54) is 28.8 Å². The molecule has 2 rings (SSSR count). The average Bonchev–Trinajstić information content (AvgIpc) is 2.78. The third-order valence-corrected chi connectivity index (χ3v) is 5.58. The van der Waals surface area contributed by atoms with Crippen molar-refractivity contribution < 1.29 is 28.7 Å². The molecule has 2 fully saturated rings. The molecule has 0 N–H and O–H groups in total. The predicted molar refractivity (Wildman–Crippen MR) is 95.9 cm³/mol. The molecule has 26 heavy (non-hydrogen) atoms.